The number of halogens is 1. The molecule has 2 aliphatic rings. The van der Waals surface area contributed by atoms with Crippen LogP contribution in [-0.2, 0) is 26.3 Å². The number of carbonyl (C=O) groups is 2. The number of ether oxygens (including phenoxy) is 1. The van der Waals surface area contributed by atoms with Crippen molar-refractivity contribution in [3.8, 4) is 0 Å². The van der Waals surface area contributed by atoms with E-state index in [0.717, 1.165) is 24.2 Å². The molecule has 1 aromatic carbocycles. The fourth-order valence-electron chi connectivity index (χ4n) is 4.24. The lowest BCUT2D eigenvalue weighted by molar-refractivity contribution is -0.129. The molecule has 0 bridgehead atoms. The molecule has 2 aliphatic heterocycles. The van der Waals surface area contributed by atoms with Crippen molar-refractivity contribution in [3.63, 3.8) is 0 Å². The molecular formula is C22H25ClN2O4. The fraction of sp³-hybridized carbons (Fsp3) is 0.455. The van der Waals surface area contributed by atoms with E-state index in [1.54, 1.807) is 17.2 Å². The Bertz CT molecular complexity index is 861. The molecular weight excluding hydrogens is 392 g/mol. The molecule has 0 aliphatic carbocycles. The highest BCUT2D eigenvalue weighted by atomic mass is 35.5. The minimum absolute atomic E-state index is 0.0165. The van der Waals surface area contributed by atoms with Gasteiger partial charge in [0, 0.05) is 43.2 Å². The van der Waals surface area contributed by atoms with Crippen molar-refractivity contribution in [1.29, 1.82) is 0 Å². The molecule has 154 valence electrons. The second-order valence-electron chi connectivity index (χ2n) is 7.88. The molecule has 0 saturated carbocycles. The van der Waals surface area contributed by atoms with Crippen LogP contribution in [0, 0.1) is 5.92 Å². The Labute approximate surface area is 175 Å². The number of carbonyl (C=O) groups excluding carboxylic acids is 2. The van der Waals surface area contributed by atoms with Crippen LogP contribution < -0.4 is 5.32 Å². The van der Waals surface area contributed by atoms with Crippen LogP contribution in [0.1, 0.15) is 30.6 Å². The number of nitrogens with zero attached hydrogens (tertiary/aromatic N) is 1. The molecule has 2 fully saturated rings. The molecule has 29 heavy (non-hydrogen) atoms. The van der Waals surface area contributed by atoms with Crippen molar-refractivity contribution in [2.45, 2.75) is 31.2 Å². The number of nitrogens with one attached hydrogen (secondary N) is 1. The molecule has 1 aromatic heterocycles. The lowest BCUT2D eigenvalue weighted by atomic mass is 9.74. The Balaban J connectivity index is 1.40. The number of hydrogen-bond donors (Lipinski definition) is 1. The second kappa shape index (κ2) is 8.59. The van der Waals surface area contributed by atoms with Crippen molar-refractivity contribution in [2.24, 2.45) is 5.92 Å². The van der Waals surface area contributed by atoms with E-state index in [2.05, 4.69) is 11.4 Å². The highest BCUT2D eigenvalue weighted by molar-refractivity contribution is 6.30. The lowest BCUT2D eigenvalue weighted by Gasteiger charge is -2.38. The molecule has 0 radical (unpaired) electrons. The monoisotopic (exact) mass is 416 g/mol. The molecule has 2 amide bonds. The van der Waals surface area contributed by atoms with Gasteiger partial charge < -0.3 is 19.4 Å². The van der Waals surface area contributed by atoms with Crippen molar-refractivity contribution in [3.05, 3.63) is 59.0 Å². The van der Waals surface area contributed by atoms with E-state index >= 15 is 0 Å². The highest BCUT2D eigenvalue weighted by Crippen LogP contribution is 2.35. The molecule has 0 spiro atoms. The molecule has 2 saturated heterocycles. The average molecular weight is 417 g/mol. The zero-order chi connectivity index (χ0) is 20.3. The molecule has 1 atom stereocenters. The van der Waals surface area contributed by atoms with E-state index in [4.69, 9.17) is 20.8 Å². The Morgan fingerprint density at radius 3 is 2.79 bits per heavy atom. The summed E-state index contributed by atoms with van der Waals surface area (Å²) in [4.78, 5) is 26.9. The maximum Gasteiger partial charge on any atom is 0.225 e. The minimum atomic E-state index is -0.339. The largest absolute Gasteiger partial charge is 0.467 e. The van der Waals surface area contributed by atoms with E-state index < -0.39 is 0 Å². The normalized spacial score (nSPS) is 21.3. The molecule has 6 nitrogen and oxygen atoms in total. The zero-order valence-electron chi connectivity index (χ0n) is 16.2. The van der Waals surface area contributed by atoms with Gasteiger partial charge in [0.25, 0.3) is 0 Å². The predicted molar refractivity (Wildman–Crippen MR) is 108 cm³/mol. The maximum atomic E-state index is 12.9. The van der Waals surface area contributed by atoms with Crippen molar-refractivity contribution in [2.75, 3.05) is 26.3 Å². The standard InChI is InChI=1S/C22H25ClN2O4/c23-18-4-1-3-17(12-18)22(6-9-28-10-7-22)15-24-21(27)16-11-20(26)25(13-16)14-19-5-2-8-29-19/h1-5,8,12,16H,6-7,9-11,13-15H2,(H,24,27). The van der Waals surface area contributed by atoms with E-state index in [-0.39, 0.29) is 29.6 Å². The smallest absolute Gasteiger partial charge is 0.225 e. The summed E-state index contributed by atoms with van der Waals surface area (Å²) in [5, 5.41) is 3.80. The summed E-state index contributed by atoms with van der Waals surface area (Å²) in [5.41, 5.74) is 0.922. The SMILES string of the molecule is O=C(NCC1(c2cccc(Cl)c2)CCOCC1)C1CC(=O)N(Cc2ccco2)C1. The van der Waals surface area contributed by atoms with Crippen LogP contribution in [0.3, 0.4) is 0 Å². The second-order valence-corrected chi connectivity index (χ2v) is 8.31. The van der Waals surface area contributed by atoms with Crippen LogP contribution in [-0.4, -0.2) is 43.0 Å². The van der Waals surface area contributed by atoms with Crippen LogP contribution in [0.5, 0.6) is 0 Å². The Morgan fingerprint density at radius 2 is 2.07 bits per heavy atom. The van der Waals surface area contributed by atoms with Gasteiger partial charge in [0.2, 0.25) is 11.8 Å². The van der Waals surface area contributed by atoms with E-state index in [1.807, 2.05) is 24.3 Å². The quantitative estimate of drug-likeness (QED) is 0.785. The van der Waals surface area contributed by atoms with Gasteiger partial charge in [-0.2, -0.15) is 0 Å². The van der Waals surface area contributed by atoms with Crippen molar-refractivity contribution >= 4 is 23.4 Å². The van der Waals surface area contributed by atoms with Gasteiger partial charge in [-0.15, -0.1) is 0 Å². The zero-order valence-corrected chi connectivity index (χ0v) is 17.0. The van der Waals surface area contributed by atoms with Gasteiger partial charge in [-0.05, 0) is 42.7 Å². The predicted octanol–water partition coefficient (Wildman–Crippen LogP) is 3.15. The first-order valence-electron chi connectivity index (χ1n) is 9.97. The van der Waals surface area contributed by atoms with E-state index in [0.29, 0.717) is 37.9 Å². The van der Waals surface area contributed by atoms with Crippen LogP contribution in [0.2, 0.25) is 5.02 Å². The van der Waals surface area contributed by atoms with Crippen LogP contribution in [0.15, 0.2) is 47.1 Å². The van der Waals surface area contributed by atoms with Gasteiger partial charge in [0.1, 0.15) is 5.76 Å². The third-order valence-electron chi connectivity index (χ3n) is 6.00. The summed E-state index contributed by atoms with van der Waals surface area (Å²) in [6.45, 7) is 2.64. The summed E-state index contributed by atoms with van der Waals surface area (Å²) < 4.78 is 10.9. The van der Waals surface area contributed by atoms with Gasteiger partial charge in [-0.1, -0.05) is 23.7 Å². The van der Waals surface area contributed by atoms with E-state index in [1.165, 1.54) is 0 Å². The Morgan fingerprint density at radius 1 is 1.24 bits per heavy atom. The lowest BCUT2D eigenvalue weighted by Crippen LogP contribution is -2.46. The van der Waals surface area contributed by atoms with Gasteiger partial charge in [-0.25, -0.2) is 0 Å². The average Bonchev–Trinajstić information content (AvgIpc) is 3.37. The first-order valence-corrected chi connectivity index (χ1v) is 10.4. The number of likely N-dealkylation sites (tertiary alicyclic amines) is 1. The van der Waals surface area contributed by atoms with Crippen LogP contribution >= 0.6 is 11.6 Å². The minimum Gasteiger partial charge on any atom is -0.467 e. The summed E-state index contributed by atoms with van der Waals surface area (Å²) >= 11 is 6.21. The molecule has 4 rings (SSSR count). The maximum absolute atomic E-state index is 12.9. The summed E-state index contributed by atoms with van der Waals surface area (Å²) in [6, 6.07) is 11.5. The molecule has 3 heterocycles. The molecule has 1 unspecified atom stereocenters. The van der Waals surface area contributed by atoms with Crippen molar-refractivity contribution < 1.29 is 18.7 Å². The topological polar surface area (TPSA) is 71.8 Å². The molecule has 2 aromatic rings. The number of hydrogen-bond acceptors (Lipinski definition) is 4. The molecule has 7 heteroatoms. The van der Waals surface area contributed by atoms with Gasteiger partial charge in [0.05, 0.1) is 18.7 Å². The highest BCUT2D eigenvalue weighted by Gasteiger charge is 2.38. The molecule has 1 N–H and O–H groups in total. The third kappa shape index (κ3) is 4.49. The first kappa shape index (κ1) is 20.0. The van der Waals surface area contributed by atoms with Gasteiger partial charge in [-0.3, -0.25) is 9.59 Å². The van der Waals surface area contributed by atoms with Crippen LogP contribution in [0.4, 0.5) is 0 Å². The van der Waals surface area contributed by atoms with Gasteiger partial charge >= 0.3 is 0 Å². The summed E-state index contributed by atoms with van der Waals surface area (Å²) in [5.74, 6) is 0.292. The van der Waals surface area contributed by atoms with E-state index in [9.17, 15) is 9.59 Å². The number of benzene rings is 1. The Hall–Kier alpha value is -2.31. The number of rotatable bonds is 6. The number of furan rings is 1. The number of amides is 2. The Kier molecular flexibility index (Phi) is 5.92. The van der Waals surface area contributed by atoms with Crippen molar-refractivity contribution in [1.82, 2.24) is 10.2 Å². The summed E-state index contributed by atoms with van der Waals surface area (Å²) in [6.07, 6.45) is 3.47. The fourth-order valence-corrected chi connectivity index (χ4v) is 4.43. The van der Waals surface area contributed by atoms with Gasteiger partial charge in [0.15, 0.2) is 0 Å². The first-order chi connectivity index (χ1) is 14.1. The third-order valence-corrected chi connectivity index (χ3v) is 6.24. The summed E-state index contributed by atoms with van der Waals surface area (Å²) in [7, 11) is 0. The van der Waals surface area contributed by atoms with Crippen LogP contribution in [0.25, 0.3) is 0 Å².